The monoisotopic (exact) mass is 420 g/mol. The van der Waals surface area contributed by atoms with Gasteiger partial charge in [0.05, 0.1) is 14.2 Å². The molecule has 4 aromatic carbocycles. The van der Waals surface area contributed by atoms with Gasteiger partial charge in [0, 0.05) is 16.7 Å². The van der Waals surface area contributed by atoms with E-state index >= 15 is 0 Å². The number of benzene rings is 4. The molecule has 1 aliphatic heterocycles. The highest BCUT2D eigenvalue weighted by Gasteiger charge is 2.43. The predicted molar refractivity (Wildman–Crippen MR) is 128 cm³/mol. The van der Waals surface area contributed by atoms with Gasteiger partial charge in [0.25, 0.3) is 0 Å². The summed E-state index contributed by atoms with van der Waals surface area (Å²) in [5.74, 6) is 1.59. The minimum absolute atomic E-state index is 0.712. The van der Waals surface area contributed by atoms with Crippen molar-refractivity contribution in [3.8, 4) is 11.5 Å². The third kappa shape index (κ3) is 3.04. The normalized spacial score (nSPS) is 17.0. The molecule has 1 aliphatic rings. The van der Waals surface area contributed by atoms with Gasteiger partial charge in [-0.05, 0) is 29.3 Å². The van der Waals surface area contributed by atoms with E-state index in [2.05, 4.69) is 54.0 Å². The first kappa shape index (κ1) is 19.9. The minimum Gasteiger partial charge on any atom is -0.496 e. The maximum atomic E-state index is 5.80. The maximum absolute atomic E-state index is 5.80. The first-order valence-electron chi connectivity index (χ1n) is 10.6. The van der Waals surface area contributed by atoms with Crippen molar-refractivity contribution in [3.63, 3.8) is 0 Å². The summed E-state index contributed by atoms with van der Waals surface area (Å²) in [6.07, 6.45) is 0. The second-order valence-corrected chi connectivity index (χ2v) is 7.63. The second-order valence-electron chi connectivity index (χ2n) is 7.63. The van der Waals surface area contributed by atoms with Gasteiger partial charge in [-0.3, -0.25) is 5.43 Å². The molecule has 1 atom stereocenters. The molecule has 32 heavy (non-hydrogen) atoms. The molecule has 4 nitrogen and oxygen atoms in total. The van der Waals surface area contributed by atoms with E-state index in [1.807, 2.05) is 54.6 Å². The van der Waals surface area contributed by atoms with E-state index in [9.17, 15) is 0 Å². The Morgan fingerprint density at radius 2 is 1.16 bits per heavy atom. The van der Waals surface area contributed by atoms with Crippen molar-refractivity contribution in [1.82, 2.24) is 5.43 Å². The first-order valence-corrected chi connectivity index (χ1v) is 10.6. The third-order valence-corrected chi connectivity index (χ3v) is 6.00. The highest BCUT2D eigenvalue weighted by Crippen LogP contribution is 2.45. The summed E-state index contributed by atoms with van der Waals surface area (Å²) < 4.78 is 11.4. The van der Waals surface area contributed by atoms with Crippen LogP contribution in [0.25, 0.3) is 0 Å². The van der Waals surface area contributed by atoms with Gasteiger partial charge in [0.2, 0.25) is 0 Å². The van der Waals surface area contributed by atoms with Crippen LogP contribution in [0.15, 0.2) is 108 Å². The molecule has 0 aliphatic carbocycles. The minimum atomic E-state index is -0.712. The van der Waals surface area contributed by atoms with E-state index in [4.69, 9.17) is 14.6 Å². The van der Waals surface area contributed by atoms with Gasteiger partial charge in [-0.2, -0.15) is 5.10 Å². The zero-order chi connectivity index (χ0) is 22.0. The zero-order valence-corrected chi connectivity index (χ0v) is 18.1. The van der Waals surface area contributed by atoms with Crippen LogP contribution in [0.1, 0.15) is 27.8 Å². The van der Waals surface area contributed by atoms with Gasteiger partial charge in [-0.15, -0.1) is 0 Å². The van der Waals surface area contributed by atoms with Crippen LogP contribution in [0.5, 0.6) is 11.5 Å². The van der Waals surface area contributed by atoms with E-state index < -0.39 is 5.54 Å². The Labute approximate surface area is 188 Å². The highest BCUT2D eigenvalue weighted by atomic mass is 16.5. The van der Waals surface area contributed by atoms with E-state index in [0.717, 1.165) is 45.0 Å². The summed E-state index contributed by atoms with van der Waals surface area (Å²) in [5, 5.41) is 4.96. The van der Waals surface area contributed by atoms with Crippen LogP contribution in [0.3, 0.4) is 0 Å². The fraction of sp³-hybridized carbons (Fsp3) is 0.107. The van der Waals surface area contributed by atoms with Crippen molar-refractivity contribution in [2.24, 2.45) is 5.10 Å². The maximum Gasteiger partial charge on any atom is 0.134 e. The van der Waals surface area contributed by atoms with Crippen molar-refractivity contribution >= 4 is 5.71 Å². The van der Waals surface area contributed by atoms with E-state index in [-0.39, 0.29) is 0 Å². The molecule has 0 fully saturated rings. The summed E-state index contributed by atoms with van der Waals surface area (Å²) in [6, 6.07) is 34.8. The number of fused-ring (bicyclic) bond motifs is 1. The van der Waals surface area contributed by atoms with E-state index in [0.29, 0.717) is 0 Å². The number of hydrogen-bond acceptors (Lipinski definition) is 4. The molecule has 0 aromatic heterocycles. The summed E-state index contributed by atoms with van der Waals surface area (Å²) in [4.78, 5) is 0. The lowest BCUT2D eigenvalue weighted by Crippen LogP contribution is -2.46. The first-order chi connectivity index (χ1) is 15.8. The molecule has 158 valence electrons. The number of rotatable bonds is 5. The van der Waals surface area contributed by atoms with Crippen molar-refractivity contribution in [3.05, 3.63) is 131 Å². The molecule has 0 spiro atoms. The molecular weight excluding hydrogens is 396 g/mol. The fourth-order valence-electron chi connectivity index (χ4n) is 4.55. The molecule has 0 saturated heterocycles. The SMILES string of the molecule is COc1ccccc1C1=NNC(c2ccccc2)(c2ccccc2OC)c2ccccc21. The number of para-hydroxylation sites is 2. The number of nitrogens with one attached hydrogen (secondary N) is 1. The average molecular weight is 421 g/mol. The van der Waals surface area contributed by atoms with Crippen LogP contribution in [0.2, 0.25) is 0 Å². The van der Waals surface area contributed by atoms with Crippen molar-refractivity contribution in [2.75, 3.05) is 14.2 Å². The Hall–Kier alpha value is -4.05. The Morgan fingerprint density at radius 3 is 1.88 bits per heavy atom. The largest absolute Gasteiger partial charge is 0.496 e. The van der Waals surface area contributed by atoms with Crippen LogP contribution in [-0.4, -0.2) is 19.9 Å². The molecule has 4 heteroatoms. The van der Waals surface area contributed by atoms with Crippen LogP contribution < -0.4 is 14.9 Å². The summed E-state index contributed by atoms with van der Waals surface area (Å²) >= 11 is 0. The topological polar surface area (TPSA) is 42.8 Å². The quantitative estimate of drug-likeness (QED) is 0.473. The van der Waals surface area contributed by atoms with Crippen molar-refractivity contribution in [2.45, 2.75) is 5.54 Å². The van der Waals surface area contributed by atoms with Gasteiger partial charge in [0.1, 0.15) is 22.7 Å². The summed E-state index contributed by atoms with van der Waals surface area (Å²) in [6.45, 7) is 0. The smallest absolute Gasteiger partial charge is 0.134 e. The Bertz CT molecular complexity index is 1280. The van der Waals surface area contributed by atoms with Gasteiger partial charge in [0.15, 0.2) is 0 Å². The molecule has 0 saturated carbocycles. The summed E-state index contributed by atoms with van der Waals surface area (Å²) in [5.41, 5.74) is 8.86. The van der Waals surface area contributed by atoms with E-state index in [1.165, 1.54) is 0 Å². The average Bonchev–Trinajstić information content (AvgIpc) is 2.88. The lowest BCUT2D eigenvalue weighted by molar-refractivity contribution is 0.387. The number of hydrogen-bond donors (Lipinski definition) is 1. The molecule has 1 N–H and O–H groups in total. The standard InChI is InChI=1S/C28H24N2O2/c1-31-25-18-10-7-15-22(25)27-21-14-6-8-16-23(21)28(30-29-27,20-12-4-3-5-13-20)24-17-9-11-19-26(24)32-2/h3-19,30H,1-2H3. The fourth-order valence-corrected chi connectivity index (χ4v) is 4.55. The Morgan fingerprint density at radius 1 is 0.594 bits per heavy atom. The lowest BCUT2D eigenvalue weighted by Gasteiger charge is -2.40. The van der Waals surface area contributed by atoms with Gasteiger partial charge >= 0.3 is 0 Å². The van der Waals surface area contributed by atoms with Crippen molar-refractivity contribution < 1.29 is 9.47 Å². The van der Waals surface area contributed by atoms with E-state index in [1.54, 1.807) is 14.2 Å². The number of methoxy groups -OCH3 is 2. The molecule has 4 aromatic rings. The molecule has 0 radical (unpaired) electrons. The van der Waals surface area contributed by atoms with Crippen LogP contribution in [-0.2, 0) is 5.54 Å². The molecule has 5 rings (SSSR count). The Kier molecular flexibility index (Phi) is 5.12. The molecule has 1 unspecified atom stereocenters. The summed E-state index contributed by atoms with van der Waals surface area (Å²) in [7, 11) is 3.39. The number of ether oxygens (including phenoxy) is 2. The number of hydrazone groups is 1. The molecular formula is C28H24N2O2. The second kappa shape index (κ2) is 8.23. The Balaban J connectivity index is 1.82. The molecule has 1 heterocycles. The zero-order valence-electron chi connectivity index (χ0n) is 18.1. The van der Waals surface area contributed by atoms with Crippen LogP contribution in [0, 0.1) is 0 Å². The van der Waals surface area contributed by atoms with Crippen molar-refractivity contribution in [1.29, 1.82) is 0 Å². The highest BCUT2D eigenvalue weighted by molar-refractivity contribution is 6.16. The molecule has 0 amide bonds. The van der Waals surface area contributed by atoms with Crippen LogP contribution >= 0.6 is 0 Å². The molecule has 0 bridgehead atoms. The third-order valence-electron chi connectivity index (χ3n) is 6.00. The predicted octanol–water partition coefficient (Wildman–Crippen LogP) is 5.35. The van der Waals surface area contributed by atoms with Crippen LogP contribution in [0.4, 0.5) is 0 Å². The van der Waals surface area contributed by atoms with Gasteiger partial charge in [-0.25, -0.2) is 0 Å². The number of nitrogens with zero attached hydrogens (tertiary/aromatic N) is 1. The lowest BCUT2D eigenvalue weighted by atomic mass is 9.73. The van der Waals surface area contributed by atoms with Gasteiger partial charge < -0.3 is 9.47 Å². The van der Waals surface area contributed by atoms with Gasteiger partial charge in [-0.1, -0.05) is 84.9 Å².